The van der Waals surface area contributed by atoms with Crippen LogP contribution in [0.3, 0.4) is 0 Å². The first-order valence-corrected chi connectivity index (χ1v) is 13.5. The molecule has 1 aliphatic carbocycles. The Morgan fingerprint density at radius 3 is 2.78 bits per heavy atom. The van der Waals surface area contributed by atoms with E-state index < -0.39 is 38.6 Å². The van der Waals surface area contributed by atoms with Crippen molar-refractivity contribution in [3.8, 4) is 0 Å². The highest BCUT2D eigenvalue weighted by molar-refractivity contribution is 7.90. The van der Waals surface area contributed by atoms with Gasteiger partial charge in [0, 0.05) is 25.2 Å². The number of alkyl halides is 2. The second kappa shape index (κ2) is 11.4. The predicted molar refractivity (Wildman–Crippen MR) is 120 cm³/mol. The smallest absolute Gasteiger partial charge is 0.258 e. The van der Waals surface area contributed by atoms with Gasteiger partial charge in [-0.25, -0.2) is 23.0 Å². The summed E-state index contributed by atoms with van der Waals surface area (Å²) < 4.78 is 42.1. The van der Waals surface area contributed by atoms with Crippen molar-refractivity contribution in [1.82, 2.24) is 25.8 Å². The van der Waals surface area contributed by atoms with Crippen molar-refractivity contribution in [2.24, 2.45) is 5.92 Å². The summed E-state index contributed by atoms with van der Waals surface area (Å²) in [6.45, 7) is 2.87. The van der Waals surface area contributed by atoms with Gasteiger partial charge >= 0.3 is 0 Å². The molecule has 1 saturated carbocycles. The van der Waals surface area contributed by atoms with Crippen LogP contribution in [0.2, 0.25) is 0 Å². The molecular weight excluding hydrogens is 461 g/mol. The number of sulfonamides is 1. The molecule has 9 nitrogen and oxygen atoms in total. The van der Waals surface area contributed by atoms with E-state index in [-0.39, 0.29) is 25.0 Å². The molecule has 0 radical (unpaired) electrons. The molecule has 4 N–H and O–H groups in total. The Morgan fingerprint density at radius 2 is 2.06 bits per heavy atom. The molecule has 0 aromatic rings. The molecule has 0 aromatic heterocycles. The molecule has 2 aliphatic heterocycles. The Labute approximate surface area is 194 Å². The van der Waals surface area contributed by atoms with E-state index in [2.05, 4.69) is 20.8 Å². The van der Waals surface area contributed by atoms with Gasteiger partial charge in [-0.05, 0) is 51.0 Å². The van der Waals surface area contributed by atoms with Gasteiger partial charge in [0.2, 0.25) is 15.9 Å². The zero-order valence-electron chi connectivity index (χ0n) is 18.5. The van der Waals surface area contributed by atoms with Gasteiger partial charge in [0.25, 0.3) is 5.91 Å². The molecule has 3 aliphatic rings. The van der Waals surface area contributed by atoms with E-state index >= 15 is 0 Å². The van der Waals surface area contributed by atoms with Crippen LogP contribution in [0.1, 0.15) is 51.9 Å². The predicted octanol–water partition coefficient (Wildman–Crippen LogP) is 0.404. The summed E-state index contributed by atoms with van der Waals surface area (Å²) in [5.41, 5.74) is 2.56. The molecule has 0 spiro atoms. The average molecular weight is 496 g/mol. The second-order valence-corrected chi connectivity index (χ2v) is 11.6. The van der Waals surface area contributed by atoms with Gasteiger partial charge in [0.05, 0.1) is 5.25 Å². The maximum Gasteiger partial charge on any atom is 0.258 e. The van der Waals surface area contributed by atoms with E-state index in [0.717, 1.165) is 24.4 Å². The lowest BCUT2D eigenvalue weighted by molar-refractivity contribution is -0.143. The van der Waals surface area contributed by atoms with Gasteiger partial charge in [-0.1, -0.05) is 13.3 Å². The minimum atomic E-state index is -3.52. The first-order valence-electron chi connectivity index (χ1n) is 11.5. The molecular formula is C20H35ClFN5O4S. The number of carbonyl (C=O) groups is 2. The van der Waals surface area contributed by atoms with Gasteiger partial charge in [-0.2, -0.15) is 0 Å². The summed E-state index contributed by atoms with van der Waals surface area (Å²) in [6.07, 6.45) is 4.32. The Hall–Kier alpha value is -1.01. The highest BCUT2D eigenvalue weighted by Gasteiger charge is 2.39. The number of hydrogen-bond donors (Lipinski definition) is 4. The second-order valence-electron chi connectivity index (χ2n) is 9.17. The molecule has 0 bridgehead atoms. The monoisotopic (exact) mass is 495 g/mol. The quantitative estimate of drug-likeness (QED) is 0.362. The average Bonchev–Trinajstić information content (AvgIpc) is 2.76. The Morgan fingerprint density at radius 1 is 1.28 bits per heavy atom. The molecule has 3 rings (SSSR count). The van der Waals surface area contributed by atoms with Crippen molar-refractivity contribution in [2.45, 2.75) is 80.8 Å². The maximum absolute atomic E-state index is 13.5. The highest BCUT2D eigenvalue weighted by atomic mass is 35.5. The van der Waals surface area contributed by atoms with E-state index in [1.807, 2.05) is 6.92 Å². The van der Waals surface area contributed by atoms with Gasteiger partial charge < -0.3 is 10.6 Å². The van der Waals surface area contributed by atoms with Crippen molar-refractivity contribution in [2.75, 3.05) is 26.2 Å². The van der Waals surface area contributed by atoms with Crippen molar-refractivity contribution in [3.63, 3.8) is 0 Å². The van der Waals surface area contributed by atoms with Gasteiger partial charge in [-0.15, -0.1) is 11.6 Å². The number of piperidine rings is 1. The molecule has 6 unspecified atom stereocenters. The van der Waals surface area contributed by atoms with Gasteiger partial charge in [0.1, 0.15) is 18.1 Å². The third-order valence-electron chi connectivity index (χ3n) is 6.69. The molecule has 12 heteroatoms. The molecule has 3 fully saturated rings. The topological polar surface area (TPSA) is 120 Å². The van der Waals surface area contributed by atoms with Crippen LogP contribution >= 0.6 is 11.6 Å². The number of carbonyl (C=O) groups excluding carboxylic acids is 2. The lowest BCUT2D eigenvalue weighted by atomic mass is 9.87. The number of amides is 2. The Bertz CT molecular complexity index is 767. The van der Waals surface area contributed by atoms with Crippen molar-refractivity contribution in [3.05, 3.63) is 0 Å². The van der Waals surface area contributed by atoms with Crippen LogP contribution in [-0.4, -0.2) is 80.3 Å². The van der Waals surface area contributed by atoms with Crippen molar-refractivity contribution < 1.29 is 22.4 Å². The first kappa shape index (κ1) is 25.6. The number of hydrogen-bond acceptors (Lipinski definition) is 6. The van der Waals surface area contributed by atoms with Gasteiger partial charge in [0.15, 0.2) is 0 Å². The maximum atomic E-state index is 13.5. The van der Waals surface area contributed by atoms with Crippen molar-refractivity contribution in [1.29, 1.82) is 0 Å². The first-order chi connectivity index (χ1) is 15.2. The van der Waals surface area contributed by atoms with E-state index in [1.54, 1.807) is 0 Å². The zero-order valence-corrected chi connectivity index (χ0v) is 20.1. The third-order valence-corrected chi connectivity index (χ3v) is 9.21. The summed E-state index contributed by atoms with van der Waals surface area (Å²) in [5.74, 6) is -1.13. The van der Waals surface area contributed by atoms with Crippen LogP contribution in [-0.2, 0) is 19.6 Å². The highest BCUT2D eigenvalue weighted by Crippen LogP contribution is 2.29. The SMILES string of the molecule is CC1CCC(NC(=O)CN2NCC(F)C(Cl)C2=O)CC1S(=O)(=O)NCCC1CCCCN1. The van der Waals surface area contributed by atoms with Crippen LogP contribution in [0.25, 0.3) is 0 Å². The van der Waals surface area contributed by atoms with Crippen LogP contribution in [0, 0.1) is 5.92 Å². The number of halogens is 2. The minimum Gasteiger partial charge on any atom is -0.352 e. The fraction of sp³-hybridized carbons (Fsp3) is 0.900. The van der Waals surface area contributed by atoms with Gasteiger partial charge in [-0.3, -0.25) is 14.6 Å². The summed E-state index contributed by atoms with van der Waals surface area (Å²) in [4.78, 5) is 24.5. The molecule has 2 amide bonds. The third kappa shape index (κ3) is 6.75. The molecule has 32 heavy (non-hydrogen) atoms. The molecule has 184 valence electrons. The standard InChI is InChI=1S/C20H35ClFN5O4S/c1-13-5-6-15(26-18(28)12-27-20(29)19(21)16(22)11-24-27)10-17(13)32(30,31)25-9-7-14-4-2-3-8-23-14/h13-17,19,23-25H,2-12H2,1H3,(H,26,28). The van der Waals surface area contributed by atoms with Crippen LogP contribution < -0.4 is 20.8 Å². The van der Waals surface area contributed by atoms with Crippen LogP contribution in [0.4, 0.5) is 4.39 Å². The molecule has 6 atom stereocenters. The minimum absolute atomic E-state index is 0.0164. The summed E-state index contributed by atoms with van der Waals surface area (Å²) in [6, 6.07) is 0.0505. The largest absolute Gasteiger partial charge is 0.352 e. The molecule has 0 aromatic carbocycles. The lowest BCUT2D eigenvalue weighted by Crippen LogP contribution is -2.60. The normalized spacial score (nSPS) is 34.3. The number of rotatable bonds is 8. The fourth-order valence-electron chi connectivity index (χ4n) is 4.73. The van der Waals surface area contributed by atoms with Crippen LogP contribution in [0.15, 0.2) is 0 Å². The van der Waals surface area contributed by atoms with Crippen LogP contribution in [0.5, 0.6) is 0 Å². The lowest BCUT2D eigenvalue weighted by Gasteiger charge is -2.35. The Balaban J connectivity index is 1.48. The number of hydrazine groups is 1. The summed E-state index contributed by atoms with van der Waals surface area (Å²) in [5, 5.41) is 5.36. The molecule has 2 heterocycles. The molecule has 2 saturated heterocycles. The zero-order chi connectivity index (χ0) is 23.3. The summed E-state index contributed by atoms with van der Waals surface area (Å²) in [7, 11) is -3.52. The Kier molecular flexibility index (Phi) is 9.14. The van der Waals surface area contributed by atoms with E-state index in [0.29, 0.717) is 31.8 Å². The van der Waals surface area contributed by atoms with E-state index in [1.165, 1.54) is 12.8 Å². The van der Waals surface area contributed by atoms with Crippen molar-refractivity contribution >= 4 is 33.4 Å². The number of nitrogens with one attached hydrogen (secondary N) is 4. The van der Waals surface area contributed by atoms with E-state index in [4.69, 9.17) is 11.6 Å². The fourth-order valence-corrected chi connectivity index (χ4v) is 6.79. The van der Waals surface area contributed by atoms with E-state index in [9.17, 15) is 22.4 Å². The summed E-state index contributed by atoms with van der Waals surface area (Å²) >= 11 is 5.75. The number of nitrogens with zero attached hydrogens (tertiary/aromatic N) is 1.